The highest BCUT2D eigenvalue weighted by Crippen LogP contribution is 2.42. The minimum absolute atomic E-state index is 0.0120. The molecule has 6 nitrogen and oxygen atoms in total. The van der Waals surface area contributed by atoms with Crippen LogP contribution in [0.3, 0.4) is 0 Å². The molecule has 0 spiro atoms. The molecule has 4 rings (SSSR count). The molecule has 1 fully saturated rings. The molecule has 2 heterocycles. The van der Waals surface area contributed by atoms with Crippen LogP contribution in [-0.2, 0) is 16.1 Å². The molecule has 164 valence electrons. The van der Waals surface area contributed by atoms with Gasteiger partial charge in [-0.2, -0.15) is 0 Å². The summed E-state index contributed by atoms with van der Waals surface area (Å²) in [6, 6.07) is 14.7. The van der Waals surface area contributed by atoms with Crippen molar-refractivity contribution in [1.82, 2.24) is 4.90 Å². The van der Waals surface area contributed by atoms with E-state index < -0.39 is 17.7 Å². The molecule has 0 saturated carbocycles. The van der Waals surface area contributed by atoms with Crippen LogP contribution in [0.2, 0.25) is 5.02 Å². The number of Topliss-reactive ketones (excluding diaryl/α,β-unsaturated/α-hetero) is 1. The number of methoxy groups -OCH3 is 2. The number of rotatable bonds is 6. The molecule has 1 aromatic heterocycles. The van der Waals surface area contributed by atoms with E-state index in [1.165, 1.54) is 23.3 Å². The van der Waals surface area contributed by atoms with Crippen molar-refractivity contribution in [3.8, 4) is 11.5 Å². The number of aliphatic hydroxyl groups is 1. The zero-order valence-electron chi connectivity index (χ0n) is 17.4. The Balaban J connectivity index is 1.86. The van der Waals surface area contributed by atoms with Gasteiger partial charge in [-0.1, -0.05) is 23.7 Å². The summed E-state index contributed by atoms with van der Waals surface area (Å²) in [4.78, 5) is 28.5. The van der Waals surface area contributed by atoms with Crippen LogP contribution in [0, 0.1) is 0 Å². The number of ether oxygens (including phenoxy) is 2. The van der Waals surface area contributed by atoms with Crippen molar-refractivity contribution >= 4 is 40.4 Å². The summed E-state index contributed by atoms with van der Waals surface area (Å²) in [5.41, 5.74) is 1.02. The summed E-state index contributed by atoms with van der Waals surface area (Å²) in [5, 5.41) is 13.4. The lowest BCUT2D eigenvalue weighted by molar-refractivity contribution is -0.140. The molecule has 3 aromatic rings. The fourth-order valence-corrected chi connectivity index (χ4v) is 4.69. The van der Waals surface area contributed by atoms with Gasteiger partial charge >= 0.3 is 0 Å². The van der Waals surface area contributed by atoms with Crippen LogP contribution in [-0.4, -0.2) is 35.9 Å². The van der Waals surface area contributed by atoms with Crippen LogP contribution in [0.5, 0.6) is 11.5 Å². The van der Waals surface area contributed by atoms with E-state index in [1.54, 1.807) is 49.6 Å². The number of carbonyl (C=O) groups excluding carboxylic acids is 2. The monoisotopic (exact) mass is 469 g/mol. The van der Waals surface area contributed by atoms with E-state index in [-0.39, 0.29) is 17.9 Å². The van der Waals surface area contributed by atoms with Crippen LogP contribution in [0.15, 0.2) is 65.6 Å². The van der Waals surface area contributed by atoms with Gasteiger partial charge in [0.1, 0.15) is 17.3 Å². The lowest BCUT2D eigenvalue weighted by Crippen LogP contribution is -2.28. The van der Waals surface area contributed by atoms with E-state index in [0.717, 1.165) is 4.88 Å². The summed E-state index contributed by atoms with van der Waals surface area (Å²) in [6.45, 7) is 0.232. The molecule has 1 aliphatic heterocycles. The molecule has 1 atom stereocenters. The summed E-state index contributed by atoms with van der Waals surface area (Å²) in [7, 11) is 3.05. The van der Waals surface area contributed by atoms with Gasteiger partial charge in [-0.3, -0.25) is 9.59 Å². The van der Waals surface area contributed by atoms with Crippen LogP contribution in [0.1, 0.15) is 22.0 Å². The number of ketones is 1. The van der Waals surface area contributed by atoms with E-state index in [1.807, 2.05) is 17.5 Å². The number of halogens is 1. The number of thiophene rings is 1. The second-order valence-electron chi connectivity index (χ2n) is 7.13. The molecular formula is C24H20ClNO5S. The quantitative estimate of drug-likeness (QED) is 0.311. The molecule has 1 amide bonds. The maximum atomic E-state index is 13.1. The summed E-state index contributed by atoms with van der Waals surface area (Å²) in [5.74, 6) is -0.590. The lowest BCUT2D eigenvalue weighted by Gasteiger charge is -2.25. The van der Waals surface area contributed by atoms with Crippen LogP contribution in [0.25, 0.3) is 5.76 Å². The van der Waals surface area contributed by atoms with E-state index in [4.69, 9.17) is 21.1 Å². The second-order valence-corrected chi connectivity index (χ2v) is 8.57. The van der Waals surface area contributed by atoms with Crippen molar-refractivity contribution in [1.29, 1.82) is 0 Å². The Hall–Kier alpha value is -3.29. The van der Waals surface area contributed by atoms with Gasteiger partial charge in [-0.05, 0) is 53.4 Å². The highest BCUT2D eigenvalue weighted by molar-refractivity contribution is 7.09. The third-order valence-electron chi connectivity index (χ3n) is 5.30. The Labute approximate surface area is 194 Å². The predicted molar refractivity (Wildman–Crippen MR) is 123 cm³/mol. The lowest BCUT2D eigenvalue weighted by atomic mass is 9.95. The van der Waals surface area contributed by atoms with Gasteiger partial charge in [-0.25, -0.2) is 0 Å². The van der Waals surface area contributed by atoms with Gasteiger partial charge in [-0.15, -0.1) is 11.3 Å². The van der Waals surface area contributed by atoms with E-state index in [9.17, 15) is 14.7 Å². The topological polar surface area (TPSA) is 76.1 Å². The number of hydrogen-bond acceptors (Lipinski definition) is 6. The number of carbonyl (C=O) groups is 2. The van der Waals surface area contributed by atoms with Crippen molar-refractivity contribution in [2.45, 2.75) is 12.6 Å². The summed E-state index contributed by atoms with van der Waals surface area (Å²) in [6.07, 6.45) is 0. The maximum Gasteiger partial charge on any atom is 0.295 e. The number of aliphatic hydroxyl groups excluding tert-OH is 1. The minimum atomic E-state index is -0.803. The second kappa shape index (κ2) is 9.06. The first-order chi connectivity index (χ1) is 15.4. The summed E-state index contributed by atoms with van der Waals surface area (Å²) >= 11 is 7.83. The number of benzene rings is 2. The van der Waals surface area contributed by atoms with Crippen LogP contribution >= 0.6 is 22.9 Å². The highest BCUT2D eigenvalue weighted by atomic mass is 35.5. The smallest absolute Gasteiger partial charge is 0.295 e. The Morgan fingerprint density at radius 2 is 1.84 bits per heavy atom. The Morgan fingerprint density at radius 1 is 1.09 bits per heavy atom. The average Bonchev–Trinajstić information content (AvgIpc) is 3.41. The van der Waals surface area contributed by atoms with E-state index in [2.05, 4.69) is 0 Å². The molecule has 2 aromatic carbocycles. The SMILES string of the molecule is COc1ccc(/C(O)=C2\C(=O)C(=O)N(Cc3cccs3)C2c2ccc(OC)c(Cl)c2)cc1. The van der Waals surface area contributed by atoms with Crippen LogP contribution < -0.4 is 9.47 Å². The number of likely N-dealkylation sites (tertiary alicyclic amines) is 1. The molecule has 1 saturated heterocycles. The van der Waals surface area contributed by atoms with Gasteiger partial charge in [0.05, 0.1) is 37.4 Å². The average molecular weight is 470 g/mol. The fraction of sp³-hybridized carbons (Fsp3) is 0.167. The van der Waals surface area contributed by atoms with Crippen molar-refractivity contribution in [3.63, 3.8) is 0 Å². The Morgan fingerprint density at radius 3 is 2.44 bits per heavy atom. The number of amides is 1. The molecule has 0 radical (unpaired) electrons. The van der Waals surface area contributed by atoms with Gasteiger partial charge in [0.25, 0.3) is 11.7 Å². The standard InChI is InChI=1S/C24H20ClNO5S/c1-30-16-8-5-14(6-9-16)22(27)20-21(15-7-10-19(31-2)18(25)12-15)26(24(29)23(20)28)13-17-4-3-11-32-17/h3-12,21,27H,13H2,1-2H3/b22-20+. The largest absolute Gasteiger partial charge is 0.507 e. The third-order valence-corrected chi connectivity index (χ3v) is 6.46. The van der Waals surface area contributed by atoms with Gasteiger partial charge in [0, 0.05) is 10.4 Å². The molecule has 1 N–H and O–H groups in total. The molecule has 1 aliphatic rings. The first-order valence-electron chi connectivity index (χ1n) is 9.73. The van der Waals surface area contributed by atoms with Crippen LogP contribution in [0.4, 0.5) is 0 Å². The molecule has 32 heavy (non-hydrogen) atoms. The normalized spacial score (nSPS) is 17.6. The van der Waals surface area contributed by atoms with Gasteiger partial charge in [0.2, 0.25) is 0 Å². The van der Waals surface area contributed by atoms with Crippen molar-refractivity contribution in [3.05, 3.63) is 86.6 Å². The van der Waals surface area contributed by atoms with Crippen molar-refractivity contribution < 1.29 is 24.2 Å². The third kappa shape index (κ3) is 3.97. The summed E-state index contributed by atoms with van der Waals surface area (Å²) < 4.78 is 10.4. The fourth-order valence-electron chi connectivity index (χ4n) is 3.72. The first-order valence-corrected chi connectivity index (χ1v) is 11.0. The Bertz CT molecular complexity index is 1190. The van der Waals surface area contributed by atoms with E-state index in [0.29, 0.717) is 27.6 Å². The van der Waals surface area contributed by atoms with Crippen molar-refractivity contribution in [2.75, 3.05) is 14.2 Å². The zero-order chi connectivity index (χ0) is 22.8. The number of nitrogens with zero attached hydrogens (tertiary/aromatic N) is 1. The van der Waals surface area contributed by atoms with Crippen molar-refractivity contribution in [2.24, 2.45) is 0 Å². The highest BCUT2D eigenvalue weighted by Gasteiger charge is 2.46. The first kappa shape index (κ1) is 21.9. The molecular weight excluding hydrogens is 450 g/mol. The molecule has 1 unspecified atom stereocenters. The van der Waals surface area contributed by atoms with Gasteiger partial charge in [0.15, 0.2) is 0 Å². The zero-order valence-corrected chi connectivity index (χ0v) is 18.9. The molecule has 0 aliphatic carbocycles. The number of hydrogen-bond donors (Lipinski definition) is 1. The Kier molecular flexibility index (Phi) is 6.21. The predicted octanol–water partition coefficient (Wildman–Crippen LogP) is 5.04. The molecule has 0 bridgehead atoms. The van der Waals surface area contributed by atoms with E-state index >= 15 is 0 Å². The minimum Gasteiger partial charge on any atom is -0.507 e. The molecule has 8 heteroatoms. The van der Waals surface area contributed by atoms with Gasteiger partial charge < -0.3 is 19.5 Å². The maximum absolute atomic E-state index is 13.1.